The summed E-state index contributed by atoms with van der Waals surface area (Å²) < 4.78 is 5.81. The van der Waals surface area contributed by atoms with E-state index in [1.165, 1.54) is 0 Å². The highest BCUT2D eigenvalue weighted by Gasteiger charge is 2.19. The van der Waals surface area contributed by atoms with Crippen LogP contribution in [0.25, 0.3) is 0 Å². The summed E-state index contributed by atoms with van der Waals surface area (Å²) in [5, 5.41) is 0. The van der Waals surface area contributed by atoms with E-state index in [2.05, 4.69) is 23.8 Å². The van der Waals surface area contributed by atoms with E-state index in [0.717, 1.165) is 44.1 Å². The Morgan fingerprint density at radius 3 is 2.67 bits per heavy atom. The van der Waals surface area contributed by atoms with Gasteiger partial charge >= 0.3 is 0 Å². The normalized spacial score (nSPS) is 20.4. The number of hydrogen-bond acceptors (Lipinski definition) is 4. The highest BCUT2D eigenvalue weighted by Crippen LogP contribution is 2.13. The van der Waals surface area contributed by atoms with Crippen molar-refractivity contribution in [3.05, 3.63) is 29.8 Å². The Kier molecular flexibility index (Phi) is 5.96. The number of nitrogens with two attached hydrogens (primary N) is 1. The second-order valence-electron chi connectivity index (χ2n) is 5.77. The molecule has 1 aromatic rings. The predicted octanol–water partition coefficient (Wildman–Crippen LogP) is 1.53. The smallest absolute Gasteiger partial charge is 0.119 e. The molecular formula is C16H25N3OS. The van der Waals surface area contributed by atoms with Crippen LogP contribution >= 0.6 is 12.2 Å². The van der Waals surface area contributed by atoms with Crippen LogP contribution in [0.3, 0.4) is 0 Å². The summed E-state index contributed by atoms with van der Waals surface area (Å²) in [6.07, 6.45) is 0.648. The number of ether oxygens (including phenoxy) is 1. The number of benzene rings is 1. The molecule has 2 N–H and O–H groups in total. The van der Waals surface area contributed by atoms with Crippen LogP contribution in [0.4, 0.5) is 0 Å². The van der Waals surface area contributed by atoms with Gasteiger partial charge in [0.15, 0.2) is 0 Å². The lowest BCUT2D eigenvalue weighted by atomic mass is 10.1. The summed E-state index contributed by atoms with van der Waals surface area (Å²) in [6, 6.07) is 8.64. The van der Waals surface area contributed by atoms with Gasteiger partial charge in [-0.25, -0.2) is 0 Å². The number of hydrogen-bond donors (Lipinski definition) is 1. The average molecular weight is 307 g/mol. The van der Waals surface area contributed by atoms with E-state index in [4.69, 9.17) is 22.7 Å². The van der Waals surface area contributed by atoms with E-state index in [1.54, 1.807) is 0 Å². The lowest BCUT2D eigenvalue weighted by Crippen LogP contribution is -2.50. The highest BCUT2D eigenvalue weighted by molar-refractivity contribution is 7.80. The van der Waals surface area contributed by atoms with Gasteiger partial charge in [0, 0.05) is 38.6 Å². The molecule has 116 valence electrons. The van der Waals surface area contributed by atoms with E-state index < -0.39 is 0 Å². The first-order valence-corrected chi connectivity index (χ1v) is 7.88. The summed E-state index contributed by atoms with van der Waals surface area (Å²) in [5.74, 6) is 0.906. The van der Waals surface area contributed by atoms with Crippen LogP contribution in [-0.2, 0) is 6.42 Å². The highest BCUT2D eigenvalue weighted by atomic mass is 32.1. The van der Waals surface area contributed by atoms with Crippen molar-refractivity contribution < 1.29 is 4.74 Å². The van der Waals surface area contributed by atoms with Gasteiger partial charge in [-0.05, 0) is 31.7 Å². The first-order valence-electron chi connectivity index (χ1n) is 7.47. The van der Waals surface area contributed by atoms with Gasteiger partial charge in [0.05, 0.1) is 4.99 Å². The molecule has 1 fully saturated rings. The maximum Gasteiger partial charge on any atom is 0.119 e. The van der Waals surface area contributed by atoms with E-state index in [0.29, 0.717) is 17.5 Å². The van der Waals surface area contributed by atoms with Crippen LogP contribution in [0, 0.1) is 0 Å². The van der Waals surface area contributed by atoms with Gasteiger partial charge in [0.25, 0.3) is 0 Å². The fourth-order valence-corrected chi connectivity index (χ4v) is 2.69. The summed E-state index contributed by atoms with van der Waals surface area (Å²) in [4.78, 5) is 5.39. The van der Waals surface area contributed by atoms with Crippen LogP contribution in [-0.4, -0.2) is 60.7 Å². The molecule has 1 aliphatic rings. The lowest BCUT2D eigenvalue weighted by Gasteiger charge is -2.37. The molecule has 0 aromatic heterocycles. The molecule has 0 radical (unpaired) electrons. The average Bonchev–Trinajstić information content (AvgIpc) is 2.44. The Hall–Kier alpha value is -1.17. The predicted molar refractivity (Wildman–Crippen MR) is 91.0 cm³/mol. The Morgan fingerprint density at radius 2 is 2.05 bits per heavy atom. The van der Waals surface area contributed by atoms with Crippen molar-refractivity contribution in [2.75, 3.05) is 39.8 Å². The van der Waals surface area contributed by atoms with Gasteiger partial charge < -0.3 is 15.4 Å². The zero-order valence-electron chi connectivity index (χ0n) is 12.9. The van der Waals surface area contributed by atoms with Crippen molar-refractivity contribution in [1.82, 2.24) is 9.80 Å². The molecule has 1 aromatic carbocycles. The second kappa shape index (κ2) is 7.73. The molecule has 0 aliphatic carbocycles. The van der Waals surface area contributed by atoms with E-state index in [-0.39, 0.29) is 0 Å². The number of rotatable bonds is 6. The van der Waals surface area contributed by atoms with Crippen molar-refractivity contribution in [3.63, 3.8) is 0 Å². The lowest BCUT2D eigenvalue weighted by molar-refractivity contribution is 0.0928. The largest absolute Gasteiger partial charge is 0.492 e. The monoisotopic (exact) mass is 307 g/mol. The van der Waals surface area contributed by atoms with Crippen LogP contribution in [0.1, 0.15) is 12.5 Å². The first kappa shape index (κ1) is 16.2. The van der Waals surface area contributed by atoms with Gasteiger partial charge in [0.1, 0.15) is 12.4 Å². The third kappa shape index (κ3) is 5.26. The molecule has 0 spiro atoms. The number of likely N-dealkylation sites (N-methyl/N-ethyl adjacent to an activating group) is 1. The fraction of sp³-hybridized carbons (Fsp3) is 0.562. The number of nitrogens with zero attached hydrogens (tertiary/aromatic N) is 2. The summed E-state index contributed by atoms with van der Waals surface area (Å²) in [6.45, 7) is 7.35. The van der Waals surface area contributed by atoms with Crippen molar-refractivity contribution in [1.29, 1.82) is 0 Å². The zero-order chi connectivity index (χ0) is 15.2. The molecule has 0 bridgehead atoms. The Labute approximate surface area is 132 Å². The molecule has 1 atom stereocenters. The minimum Gasteiger partial charge on any atom is -0.492 e. The van der Waals surface area contributed by atoms with Crippen molar-refractivity contribution in [3.8, 4) is 5.75 Å². The first-order chi connectivity index (χ1) is 10.0. The van der Waals surface area contributed by atoms with Crippen LogP contribution in [0.2, 0.25) is 0 Å². The fourth-order valence-electron chi connectivity index (χ4n) is 2.52. The summed E-state index contributed by atoms with van der Waals surface area (Å²) >= 11 is 4.91. The molecule has 0 amide bonds. The molecule has 5 heteroatoms. The van der Waals surface area contributed by atoms with Gasteiger partial charge in [-0.2, -0.15) is 0 Å². The van der Waals surface area contributed by atoms with E-state index in [9.17, 15) is 0 Å². The SMILES string of the molecule is CC1CN(CCOc2ccc(CC(N)=S)cc2)CCN1C. The van der Waals surface area contributed by atoms with Gasteiger partial charge in [-0.3, -0.25) is 4.90 Å². The minimum atomic E-state index is 0.521. The van der Waals surface area contributed by atoms with Gasteiger partial charge in [0.2, 0.25) is 0 Å². The van der Waals surface area contributed by atoms with Crippen LogP contribution in [0.5, 0.6) is 5.75 Å². The van der Waals surface area contributed by atoms with Crippen LogP contribution < -0.4 is 10.5 Å². The van der Waals surface area contributed by atoms with E-state index in [1.807, 2.05) is 24.3 Å². The Bertz CT molecular complexity index is 463. The third-order valence-corrected chi connectivity index (χ3v) is 4.17. The standard InChI is InChI=1S/C16H25N3OS/c1-13-12-19(8-7-18(13)2)9-10-20-15-5-3-14(4-6-15)11-16(17)21/h3-6,13H,7-12H2,1-2H3,(H2,17,21). The topological polar surface area (TPSA) is 41.7 Å². The molecule has 1 heterocycles. The second-order valence-corrected chi connectivity index (χ2v) is 6.29. The molecule has 1 unspecified atom stereocenters. The van der Waals surface area contributed by atoms with Gasteiger partial charge in [-0.1, -0.05) is 24.4 Å². The summed E-state index contributed by atoms with van der Waals surface area (Å²) in [7, 11) is 2.19. The molecule has 0 saturated carbocycles. The number of thiocarbonyl (C=S) groups is 1. The summed E-state index contributed by atoms with van der Waals surface area (Å²) in [5.41, 5.74) is 6.67. The Morgan fingerprint density at radius 1 is 1.33 bits per heavy atom. The molecule has 21 heavy (non-hydrogen) atoms. The quantitative estimate of drug-likeness (QED) is 0.807. The molecule has 1 aliphatic heterocycles. The zero-order valence-corrected chi connectivity index (χ0v) is 13.7. The molecule has 4 nitrogen and oxygen atoms in total. The molecule has 2 rings (SSSR count). The maximum absolute atomic E-state index is 5.81. The van der Waals surface area contributed by atoms with Crippen molar-refractivity contribution in [2.24, 2.45) is 5.73 Å². The molecule has 1 saturated heterocycles. The molecular weight excluding hydrogens is 282 g/mol. The van der Waals surface area contributed by atoms with Crippen molar-refractivity contribution >= 4 is 17.2 Å². The minimum absolute atomic E-state index is 0.521. The third-order valence-electron chi connectivity index (χ3n) is 4.02. The van der Waals surface area contributed by atoms with Crippen LogP contribution in [0.15, 0.2) is 24.3 Å². The van der Waals surface area contributed by atoms with Gasteiger partial charge in [-0.15, -0.1) is 0 Å². The van der Waals surface area contributed by atoms with E-state index >= 15 is 0 Å². The number of piperazine rings is 1. The maximum atomic E-state index is 5.81. The van der Waals surface area contributed by atoms with Crippen molar-refractivity contribution in [2.45, 2.75) is 19.4 Å². The Balaban J connectivity index is 1.72.